The molecule has 0 spiro atoms. The Morgan fingerprint density at radius 1 is 1.14 bits per heavy atom. The molecule has 0 aliphatic carbocycles. The van der Waals surface area contributed by atoms with Crippen molar-refractivity contribution in [2.45, 2.75) is 38.1 Å². The first kappa shape index (κ1) is 30.2. The van der Waals surface area contributed by atoms with Crippen LogP contribution in [-0.2, 0) is 39.8 Å². The maximum Gasteiger partial charge on any atom is 0.466 e. The van der Waals surface area contributed by atoms with Crippen LogP contribution in [0.4, 0.5) is 26.3 Å². The maximum atomic E-state index is 13.8. The van der Waals surface area contributed by atoms with Crippen LogP contribution in [0.25, 0.3) is 0 Å². The number of imidazole rings is 1. The molecule has 11 nitrogen and oxygen atoms in total. The highest BCUT2D eigenvalue weighted by molar-refractivity contribution is 7.45. The van der Waals surface area contributed by atoms with E-state index in [1.165, 1.54) is 4.90 Å². The van der Waals surface area contributed by atoms with Crippen molar-refractivity contribution in [1.29, 1.82) is 0 Å². The molecule has 37 heavy (non-hydrogen) atoms. The minimum absolute atomic E-state index is 0.113. The number of phosphoric acid groups is 1. The molecule has 5 N–H and O–H groups in total. The molecule has 1 atom stereocenters. The van der Waals surface area contributed by atoms with Gasteiger partial charge in [-0.3, -0.25) is 4.79 Å². The highest BCUT2D eigenvalue weighted by atomic mass is 31.2. The number of hydrogen-bond donors (Lipinski definition) is 4. The van der Waals surface area contributed by atoms with Crippen LogP contribution in [0, 0.1) is 17.5 Å². The Labute approximate surface area is 204 Å². The molecular weight excluding hydrogens is 541 g/mol. The number of fused-ring (bicyclic) bond motifs is 1. The third-order valence-electron chi connectivity index (χ3n) is 5.00. The molecule has 0 unspecified atom stereocenters. The average molecular weight is 562 g/mol. The highest BCUT2D eigenvalue weighted by Crippen LogP contribution is 2.32. The van der Waals surface area contributed by atoms with Crippen LogP contribution in [0.2, 0.25) is 0 Å². The number of nitrogens with two attached hydrogens (primary N) is 1. The number of hydrogen-bond acceptors (Lipinski definition) is 6. The van der Waals surface area contributed by atoms with Gasteiger partial charge in [0, 0.05) is 31.6 Å². The van der Waals surface area contributed by atoms with Crippen LogP contribution >= 0.6 is 7.82 Å². The standard InChI is InChI=1S/C19H18F6N4O3.H3O4P/c1-32-17(31)16-14-8-28(2-3-29(14)18(27-16)19(23,24)25)15(30)6-10(26)4-9-5-12(21)13(22)7-11(9)20;1-5(2,3)4/h5,7,10H,2-4,6,8,26H2,1H3;(H3,1,2,3,4)/t10-;/m1./s1. The summed E-state index contributed by atoms with van der Waals surface area (Å²) in [6.07, 6.45) is -5.43. The minimum atomic E-state index is -4.82. The number of benzene rings is 1. The number of halogens is 6. The monoisotopic (exact) mass is 562 g/mol. The van der Waals surface area contributed by atoms with Crippen molar-refractivity contribution < 1.29 is 59.9 Å². The number of alkyl halides is 3. The van der Waals surface area contributed by atoms with Crippen molar-refractivity contribution in [3.05, 3.63) is 52.4 Å². The Balaban J connectivity index is 0.000000877. The molecule has 2 heterocycles. The lowest BCUT2D eigenvalue weighted by atomic mass is 10.0. The summed E-state index contributed by atoms with van der Waals surface area (Å²) in [7, 11) is -3.65. The third-order valence-corrected chi connectivity index (χ3v) is 5.00. The van der Waals surface area contributed by atoms with E-state index in [0.29, 0.717) is 12.1 Å². The topological polar surface area (TPSA) is 168 Å². The second-order valence-corrected chi connectivity index (χ2v) is 8.75. The Hall–Kier alpha value is -2.98. The van der Waals surface area contributed by atoms with Gasteiger partial charge in [-0.2, -0.15) is 13.2 Å². The van der Waals surface area contributed by atoms with Crippen molar-refractivity contribution >= 4 is 19.7 Å². The molecule has 0 radical (unpaired) electrons. The second-order valence-electron chi connectivity index (χ2n) is 7.73. The first-order chi connectivity index (χ1) is 16.9. The fraction of sp³-hybridized carbons (Fsp3) is 0.421. The van der Waals surface area contributed by atoms with Crippen molar-refractivity contribution in [1.82, 2.24) is 14.5 Å². The summed E-state index contributed by atoms with van der Waals surface area (Å²) in [5.74, 6) is -6.57. The van der Waals surface area contributed by atoms with Gasteiger partial charge in [-0.15, -0.1) is 0 Å². The van der Waals surface area contributed by atoms with E-state index in [1.54, 1.807) is 0 Å². The molecule has 3 rings (SSSR count). The zero-order chi connectivity index (χ0) is 28.3. The lowest BCUT2D eigenvalue weighted by Crippen LogP contribution is -2.42. The molecule has 18 heteroatoms. The van der Waals surface area contributed by atoms with Crippen LogP contribution in [0.15, 0.2) is 12.1 Å². The van der Waals surface area contributed by atoms with E-state index in [4.69, 9.17) is 25.0 Å². The molecule has 1 aliphatic heterocycles. The summed E-state index contributed by atoms with van der Waals surface area (Å²) in [4.78, 5) is 50.6. The number of ether oxygens (including phenoxy) is 1. The minimum Gasteiger partial charge on any atom is -0.464 e. The van der Waals surface area contributed by atoms with E-state index >= 15 is 0 Å². The van der Waals surface area contributed by atoms with Crippen molar-refractivity contribution in [2.75, 3.05) is 13.7 Å². The summed E-state index contributed by atoms with van der Waals surface area (Å²) in [5.41, 5.74) is 4.95. The molecule has 1 aliphatic rings. The quantitative estimate of drug-likeness (QED) is 0.183. The van der Waals surface area contributed by atoms with Crippen molar-refractivity contribution in [3.63, 3.8) is 0 Å². The number of nitrogens with zero attached hydrogens (tertiary/aromatic N) is 3. The predicted octanol–water partition coefficient (Wildman–Crippen LogP) is 1.48. The van der Waals surface area contributed by atoms with E-state index in [-0.39, 0.29) is 43.7 Å². The van der Waals surface area contributed by atoms with E-state index in [2.05, 4.69) is 9.72 Å². The van der Waals surface area contributed by atoms with Gasteiger partial charge >= 0.3 is 20.0 Å². The average Bonchev–Trinajstić information content (AvgIpc) is 3.15. The number of aromatic nitrogens is 2. The van der Waals surface area contributed by atoms with Gasteiger partial charge in [0.15, 0.2) is 17.3 Å². The number of methoxy groups -OCH3 is 1. The first-order valence-electron chi connectivity index (χ1n) is 10.1. The number of esters is 1. The zero-order valence-electron chi connectivity index (χ0n) is 18.9. The molecular formula is C19H21F6N4O7P. The highest BCUT2D eigenvalue weighted by Gasteiger charge is 2.42. The smallest absolute Gasteiger partial charge is 0.464 e. The fourth-order valence-electron chi connectivity index (χ4n) is 3.49. The van der Waals surface area contributed by atoms with E-state index in [0.717, 1.165) is 11.7 Å². The maximum absolute atomic E-state index is 13.8. The second kappa shape index (κ2) is 11.6. The molecule has 1 aromatic carbocycles. The lowest BCUT2D eigenvalue weighted by molar-refractivity contribution is -0.148. The number of carbonyl (C=O) groups is 2. The van der Waals surface area contributed by atoms with Crippen molar-refractivity contribution in [2.24, 2.45) is 5.73 Å². The van der Waals surface area contributed by atoms with Gasteiger partial charge in [0.1, 0.15) is 5.82 Å². The van der Waals surface area contributed by atoms with Crippen LogP contribution in [-0.4, -0.2) is 60.7 Å². The normalized spacial score (nSPS) is 14.4. The third kappa shape index (κ3) is 8.26. The molecule has 1 amide bonds. The van der Waals surface area contributed by atoms with Crippen molar-refractivity contribution in [3.8, 4) is 0 Å². The first-order valence-corrected chi connectivity index (χ1v) is 11.7. The molecule has 0 bridgehead atoms. The number of amides is 1. The summed E-state index contributed by atoms with van der Waals surface area (Å²) in [6, 6.07) is 0.0485. The number of rotatable bonds is 5. The summed E-state index contributed by atoms with van der Waals surface area (Å²) in [5, 5.41) is 0. The number of carbonyl (C=O) groups excluding carboxylic acids is 2. The molecule has 0 fully saturated rings. The molecule has 0 saturated carbocycles. The Morgan fingerprint density at radius 3 is 2.24 bits per heavy atom. The predicted molar refractivity (Wildman–Crippen MR) is 111 cm³/mol. The Morgan fingerprint density at radius 2 is 1.70 bits per heavy atom. The summed E-state index contributed by atoms with van der Waals surface area (Å²) in [6.45, 7) is -0.732. The van der Waals surface area contributed by atoms with Gasteiger partial charge in [0.2, 0.25) is 11.7 Å². The van der Waals surface area contributed by atoms with Gasteiger partial charge in [-0.1, -0.05) is 0 Å². The Kier molecular flexibility index (Phi) is 9.48. The SMILES string of the molecule is COC(=O)c1nc(C(F)(F)F)n2c1CN(C(=O)C[C@H](N)Cc1cc(F)c(F)cc1F)CC2.O=P(O)(O)O. The zero-order valence-corrected chi connectivity index (χ0v) is 19.8. The van der Waals surface area contributed by atoms with Gasteiger partial charge < -0.3 is 34.6 Å². The summed E-state index contributed by atoms with van der Waals surface area (Å²) >= 11 is 0. The van der Waals surface area contributed by atoms with Crippen LogP contribution in [0.3, 0.4) is 0 Å². The molecule has 0 saturated heterocycles. The Bertz CT molecular complexity index is 1210. The van der Waals surface area contributed by atoms with Gasteiger partial charge in [0.05, 0.1) is 19.3 Å². The van der Waals surface area contributed by atoms with Crippen LogP contribution in [0.1, 0.15) is 34.0 Å². The van der Waals surface area contributed by atoms with E-state index in [1.807, 2.05) is 0 Å². The van der Waals surface area contributed by atoms with Crippen LogP contribution < -0.4 is 5.73 Å². The molecule has 206 valence electrons. The van der Waals surface area contributed by atoms with Gasteiger partial charge in [-0.25, -0.2) is 27.5 Å². The van der Waals surface area contributed by atoms with E-state index in [9.17, 15) is 35.9 Å². The largest absolute Gasteiger partial charge is 0.466 e. The van der Waals surface area contributed by atoms with E-state index < -0.39 is 60.9 Å². The van der Waals surface area contributed by atoms with Crippen LogP contribution in [0.5, 0.6) is 0 Å². The molecule has 2 aromatic rings. The fourth-order valence-corrected chi connectivity index (χ4v) is 3.49. The van der Waals surface area contributed by atoms with Gasteiger partial charge in [0.25, 0.3) is 0 Å². The van der Waals surface area contributed by atoms with Gasteiger partial charge in [-0.05, 0) is 18.1 Å². The lowest BCUT2D eigenvalue weighted by Gasteiger charge is -2.30. The molecule has 1 aromatic heterocycles. The summed E-state index contributed by atoms with van der Waals surface area (Å²) < 4.78 is 94.2.